The number of hydrogen-bond acceptors (Lipinski definition) is 6. The molecule has 3 aromatic rings. The van der Waals surface area contributed by atoms with Crippen molar-refractivity contribution in [2.24, 2.45) is 7.05 Å². The summed E-state index contributed by atoms with van der Waals surface area (Å²) in [6.45, 7) is -0.664. The lowest BCUT2D eigenvalue weighted by molar-refractivity contribution is -0.123. The average Bonchev–Trinajstić information content (AvgIpc) is 3.14. The molecule has 148 valence electrons. The van der Waals surface area contributed by atoms with E-state index in [2.05, 4.69) is 15.6 Å². The molecule has 1 aromatic carbocycles. The number of pyridine rings is 1. The number of rotatable bonds is 6. The average molecular weight is 396 g/mol. The van der Waals surface area contributed by atoms with Gasteiger partial charge in [0.1, 0.15) is 22.9 Å². The summed E-state index contributed by atoms with van der Waals surface area (Å²) in [6.07, 6.45) is 3.08. The van der Waals surface area contributed by atoms with Crippen molar-refractivity contribution in [3.05, 3.63) is 78.0 Å². The molecule has 0 radical (unpaired) electrons. The number of carbonyl (C=O) groups is 3. The van der Waals surface area contributed by atoms with Crippen molar-refractivity contribution in [3.8, 4) is 0 Å². The molecular weight excluding hydrogens is 379 g/mol. The van der Waals surface area contributed by atoms with Crippen LogP contribution in [0.2, 0.25) is 0 Å². The number of imide groups is 1. The van der Waals surface area contributed by atoms with Crippen molar-refractivity contribution >= 4 is 29.3 Å². The summed E-state index contributed by atoms with van der Waals surface area (Å²) in [4.78, 5) is 40.3. The van der Waals surface area contributed by atoms with Gasteiger partial charge < -0.3 is 14.6 Å². The van der Waals surface area contributed by atoms with E-state index in [0.29, 0.717) is 0 Å². The van der Waals surface area contributed by atoms with Gasteiger partial charge in [0.05, 0.1) is 5.69 Å². The van der Waals surface area contributed by atoms with Gasteiger partial charge in [-0.1, -0.05) is 12.1 Å². The van der Waals surface area contributed by atoms with Crippen LogP contribution in [-0.2, 0) is 16.6 Å². The lowest BCUT2D eigenvalue weighted by Crippen LogP contribution is -2.35. The van der Waals surface area contributed by atoms with Crippen molar-refractivity contribution in [2.75, 3.05) is 11.9 Å². The fraction of sp³-hybridized carbons (Fsp3) is 0.100. The van der Waals surface area contributed by atoms with Gasteiger partial charge in [-0.05, 0) is 36.4 Å². The third-order valence-electron chi connectivity index (χ3n) is 3.92. The number of amides is 2. The van der Waals surface area contributed by atoms with Crippen LogP contribution in [0.1, 0.15) is 20.8 Å². The SMILES string of the molecule is Cn1cccc1C(=O)NC(=O)COC(=O)c1cccnc1Nc1ccccc1F. The van der Waals surface area contributed by atoms with E-state index >= 15 is 0 Å². The van der Waals surface area contributed by atoms with Gasteiger partial charge in [-0.25, -0.2) is 14.2 Å². The van der Waals surface area contributed by atoms with Gasteiger partial charge in [-0.3, -0.25) is 14.9 Å². The number of halogens is 1. The van der Waals surface area contributed by atoms with E-state index in [-0.39, 0.29) is 22.8 Å². The highest BCUT2D eigenvalue weighted by Crippen LogP contribution is 2.21. The number of nitrogens with one attached hydrogen (secondary N) is 2. The summed E-state index contributed by atoms with van der Waals surface area (Å²) in [5.74, 6) is -2.68. The Bertz CT molecular complexity index is 1060. The standard InChI is InChI=1S/C20H17FN4O4/c1-25-11-5-9-16(25)19(27)24-17(26)12-29-20(28)13-6-4-10-22-18(13)23-15-8-3-2-7-14(15)21/h2-11H,12H2,1H3,(H,22,23)(H,24,26,27). The molecule has 2 aromatic heterocycles. The molecule has 0 fully saturated rings. The Morgan fingerprint density at radius 2 is 1.90 bits per heavy atom. The normalized spacial score (nSPS) is 10.3. The second kappa shape index (κ2) is 8.79. The molecule has 0 aliphatic carbocycles. The summed E-state index contributed by atoms with van der Waals surface area (Å²) in [7, 11) is 1.66. The summed E-state index contributed by atoms with van der Waals surface area (Å²) in [5, 5.41) is 4.86. The van der Waals surface area contributed by atoms with Crippen LogP contribution >= 0.6 is 0 Å². The Labute approximate surface area is 165 Å². The number of hydrogen-bond donors (Lipinski definition) is 2. The molecule has 8 nitrogen and oxygen atoms in total. The first kappa shape index (κ1) is 19.7. The zero-order valence-corrected chi connectivity index (χ0v) is 15.4. The fourth-order valence-electron chi connectivity index (χ4n) is 2.49. The Kier molecular flexibility index (Phi) is 5.98. The first-order valence-electron chi connectivity index (χ1n) is 8.55. The molecule has 0 aliphatic rings. The van der Waals surface area contributed by atoms with Crippen LogP contribution in [0.3, 0.4) is 0 Å². The van der Waals surface area contributed by atoms with E-state index in [4.69, 9.17) is 4.74 Å². The third kappa shape index (κ3) is 4.83. The number of benzene rings is 1. The fourth-order valence-corrected chi connectivity index (χ4v) is 2.49. The minimum absolute atomic E-state index is 0.0114. The monoisotopic (exact) mass is 396 g/mol. The van der Waals surface area contributed by atoms with E-state index in [0.717, 1.165) is 0 Å². The smallest absolute Gasteiger partial charge is 0.342 e. The quantitative estimate of drug-likeness (QED) is 0.621. The number of ether oxygens (including phenoxy) is 1. The van der Waals surface area contributed by atoms with Crippen molar-refractivity contribution in [1.29, 1.82) is 0 Å². The first-order chi connectivity index (χ1) is 14.0. The topological polar surface area (TPSA) is 102 Å². The molecule has 2 N–H and O–H groups in total. The van der Waals surface area contributed by atoms with Crippen LogP contribution in [-0.4, -0.2) is 33.9 Å². The van der Waals surface area contributed by atoms with Crippen molar-refractivity contribution in [3.63, 3.8) is 0 Å². The molecule has 3 rings (SSSR count). The molecule has 0 atom stereocenters. The summed E-state index contributed by atoms with van der Waals surface area (Å²) in [5.41, 5.74) is 0.428. The summed E-state index contributed by atoms with van der Waals surface area (Å²) >= 11 is 0. The molecule has 0 aliphatic heterocycles. The van der Waals surface area contributed by atoms with Crippen molar-refractivity contribution in [1.82, 2.24) is 14.9 Å². The van der Waals surface area contributed by atoms with Crippen LogP contribution < -0.4 is 10.6 Å². The molecule has 9 heteroatoms. The second-order valence-electron chi connectivity index (χ2n) is 5.96. The van der Waals surface area contributed by atoms with Crippen LogP contribution in [0, 0.1) is 5.82 Å². The van der Waals surface area contributed by atoms with Gasteiger partial charge in [0.25, 0.3) is 11.8 Å². The first-order valence-corrected chi connectivity index (χ1v) is 8.55. The van der Waals surface area contributed by atoms with E-state index in [1.54, 1.807) is 36.0 Å². The van der Waals surface area contributed by atoms with Crippen LogP contribution in [0.25, 0.3) is 0 Å². The number of aromatic nitrogens is 2. The van der Waals surface area contributed by atoms with Gasteiger partial charge in [-0.2, -0.15) is 0 Å². The summed E-state index contributed by atoms with van der Waals surface area (Å²) in [6, 6.07) is 12.0. The Morgan fingerprint density at radius 3 is 2.62 bits per heavy atom. The molecule has 0 saturated carbocycles. The Morgan fingerprint density at radius 1 is 1.10 bits per heavy atom. The highest BCUT2D eigenvalue weighted by Gasteiger charge is 2.18. The molecule has 2 amide bonds. The predicted molar refractivity (Wildman–Crippen MR) is 102 cm³/mol. The number of nitrogens with zero attached hydrogens (tertiary/aromatic N) is 2. The molecular formula is C20H17FN4O4. The van der Waals surface area contributed by atoms with Gasteiger partial charge in [0.15, 0.2) is 6.61 Å². The second-order valence-corrected chi connectivity index (χ2v) is 5.96. The van der Waals surface area contributed by atoms with E-state index in [1.807, 2.05) is 0 Å². The van der Waals surface area contributed by atoms with Crippen molar-refractivity contribution in [2.45, 2.75) is 0 Å². The van der Waals surface area contributed by atoms with E-state index < -0.39 is 30.2 Å². The molecule has 0 unspecified atom stereocenters. The predicted octanol–water partition coefficient (Wildman–Crippen LogP) is 2.42. The molecule has 0 spiro atoms. The Balaban J connectivity index is 1.62. The lowest BCUT2D eigenvalue weighted by Gasteiger charge is -2.11. The molecule has 0 saturated heterocycles. The maximum Gasteiger partial charge on any atom is 0.342 e. The number of para-hydroxylation sites is 1. The minimum atomic E-state index is -0.849. The number of carbonyl (C=O) groups excluding carboxylic acids is 3. The van der Waals surface area contributed by atoms with E-state index in [1.165, 1.54) is 36.5 Å². The van der Waals surface area contributed by atoms with E-state index in [9.17, 15) is 18.8 Å². The molecule has 2 heterocycles. The number of esters is 1. The third-order valence-corrected chi connectivity index (χ3v) is 3.92. The summed E-state index contributed by atoms with van der Waals surface area (Å²) < 4.78 is 20.3. The maximum atomic E-state index is 13.8. The lowest BCUT2D eigenvalue weighted by atomic mass is 10.2. The number of anilines is 2. The van der Waals surface area contributed by atoms with Crippen LogP contribution in [0.5, 0.6) is 0 Å². The van der Waals surface area contributed by atoms with Gasteiger partial charge in [0, 0.05) is 19.4 Å². The van der Waals surface area contributed by atoms with Gasteiger partial charge in [0.2, 0.25) is 0 Å². The zero-order valence-electron chi connectivity index (χ0n) is 15.4. The number of aryl methyl sites for hydroxylation is 1. The highest BCUT2D eigenvalue weighted by molar-refractivity contribution is 6.05. The maximum absolute atomic E-state index is 13.8. The van der Waals surface area contributed by atoms with Gasteiger partial charge in [-0.15, -0.1) is 0 Å². The largest absolute Gasteiger partial charge is 0.452 e. The highest BCUT2D eigenvalue weighted by atomic mass is 19.1. The Hall–Kier alpha value is -4.01. The van der Waals surface area contributed by atoms with Gasteiger partial charge >= 0.3 is 5.97 Å². The van der Waals surface area contributed by atoms with Crippen LogP contribution in [0.4, 0.5) is 15.9 Å². The van der Waals surface area contributed by atoms with Crippen molar-refractivity contribution < 1.29 is 23.5 Å². The molecule has 29 heavy (non-hydrogen) atoms. The molecule has 0 bridgehead atoms. The zero-order chi connectivity index (χ0) is 20.8. The van der Waals surface area contributed by atoms with Crippen LogP contribution in [0.15, 0.2) is 60.9 Å². The minimum Gasteiger partial charge on any atom is -0.452 e.